The normalized spacial score (nSPS) is 25.9. The Morgan fingerprint density at radius 3 is 2.85 bits per heavy atom. The van der Waals surface area contributed by atoms with Gasteiger partial charge in [-0.05, 0) is 51.1 Å². The van der Waals surface area contributed by atoms with E-state index in [1.54, 1.807) is 0 Å². The molecule has 0 saturated carbocycles. The van der Waals surface area contributed by atoms with E-state index in [1.807, 2.05) is 6.07 Å². The number of nitrogens with zero attached hydrogens (tertiary/aromatic N) is 1. The fourth-order valence-electron chi connectivity index (χ4n) is 2.82. The van der Waals surface area contributed by atoms with Gasteiger partial charge in [0, 0.05) is 23.1 Å². The highest BCUT2D eigenvalue weighted by molar-refractivity contribution is 9.10. The molecule has 0 spiro atoms. The van der Waals surface area contributed by atoms with E-state index in [4.69, 9.17) is 9.47 Å². The van der Waals surface area contributed by atoms with E-state index < -0.39 is 0 Å². The van der Waals surface area contributed by atoms with E-state index in [0.29, 0.717) is 18.9 Å². The molecular formula is C15H21BrN2O2. The van der Waals surface area contributed by atoms with Gasteiger partial charge in [0.15, 0.2) is 11.5 Å². The molecule has 3 rings (SSSR count). The summed E-state index contributed by atoms with van der Waals surface area (Å²) < 4.78 is 11.9. The van der Waals surface area contributed by atoms with Gasteiger partial charge < -0.3 is 19.7 Å². The van der Waals surface area contributed by atoms with Gasteiger partial charge in [0.1, 0.15) is 0 Å². The average molecular weight is 341 g/mol. The van der Waals surface area contributed by atoms with Crippen molar-refractivity contribution < 1.29 is 9.47 Å². The van der Waals surface area contributed by atoms with Gasteiger partial charge in [-0.15, -0.1) is 0 Å². The van der Waals surface area contributed by atoms with Gasteiger partial charge in [-0.2, -0.15) is 0 Å². The topological polar surface area (TPSA) is 33.7 Å². The standard InChI is InChI=1S/C15H21BrN2O2/c1-10-5-12(3-4-18(10)2)17-8-11-6-14-15(7-13(11)16)20-9-19-14/h6-7,10,12,17H,3-5,8-9H2,1-2H3. The van der Waals surface area contributed by atoms with Crippen LogP contribution in [0.4, 0.5) is 0 Å². The maximum atomic E-state index is 5.44. The number of rotatable bonds is 3. The van der Waals surface area contributed by atoms with Crippen LogP contribution < -0.4 is 14.8 Å². The average Bonchev–Trinajstić information content (AvgIpc) is 2.87. The van der Waals surface area contributed by atoms with Crippen LogP contribution in [-0.2, 0) is 6.54 Å². The summed E-state index contributed by atoms with van der Waals surface area (Å²) in [6.07, 6.45) is 2.42. The smallest absolute Gasteiger partial charge is 0.231 e. The number of nitrogens with one attached hydrogen (secondary N) is 1. The second-order valence-electron chi connectivity index (χ2n) is 5.73. The minimum absolute atomic E-state index is 0.325. The van der Waals surface area contributed by atoms with Crippen molar-refractivity contribution in [2.75, 3.05) is 20.4 Å². The first-order valence-electron chi connectivity index (χ1n) is 7.15. The van der Waals surface area contributed by atoms with Crippen molar-refractivity contribution in [3.8, 4) is 11.5 Å². The van der Waals surface area contributed by atoms with Crippen molar-refractivity contribution in [1.82, 2.24) is 10.2 Å². The Balaban J connectivity index is 1.61. The largest absolute Gasteiger partial charge is 0.454 e. The van der Waals surface area contributed by atoms with Crippen LogP contribution >= 0.6 is 15.9 Å². The zero-order chi connectivity index (χ0) is 14.1. The van der Waals surface area contributed by atoms with E-state index in [-0.39, 0.29) is 0 Å². The first-order valence-corrected chi connectivity index (χ1v) is 7.94. The zero-order valence-electron chi connectivity index (χ0n) is 12.0. The maximum absolute atomic E-state index is 5.44. The molecule has 1 aromatic rings. The van der Waals surface area contributed by atoms with Crippen molar-refractivity contribution in [3.05, 3.63) is 22.2 Å². The highest BCUT2D eigenvalue weighted by Crippen LogP contribution is 2.37. The van der Waals surface area contributed by atoms with Crippen molar-refractivity contribution in [2.45, 2.75) is 38.4 Å². The van der Waals surface area contributed by atoms with Gasteiger partial charge >= 0.3 is 0 Å². The van der Waals surface area contributed by atoms with Crippen molar-refractivity contribution in [1.29, 1.82) is 0 Å². The molecule has 1 N–H and O–H groups in total. The summed E-state index contributed by atoms with van der Waals surface area (Å²) in [5, 5.41) is 3.67. The molecule has 0 radical (unpaired) electrons. The number of halogens is 1. The predicted molar refractivity (Wildman–Crippen MR) is 82.2 cm³/mol. The van der Waals surface area contributed by atoms with E-state index in [1.165, 1.54) is 24.9 Å². The fourth-order valence-corrected chi connectivity index (χ4v) is 3.29. The zero-order valence-corrected chi connectivity index (χ0v) is 13.6. The highest BCUT2D eigenvalue weighted by atomic mass is 79.9. The molecular weight excluding hydrogens is 320 g/mol. The third-order valence-corrected chi connectivity index (χ3v) is 5.07. The molecule has 2 aliphatic heterocycles. The van der Waals surface area contributed by atoms with Gasteiger partial charge in [-0.1, -0.05) is 15.9 Å². The lowest BCUT2D eigenvalue weighted by Crippen LogP contribution is -2.45. The molecule has 2 unspecified atom stereocenters. The second-order valence-corrected chi connectivity index (χ2v) is 6.58. The van der Waals surface area contributed by atoms with E-state index >= 15 is 0 Å². The third kappa shape index (κ3) is 2.95. The first kappa shape index (κ1) is 14.2. The molecule has 2 heterocycles. The molecule has 20 heavy (non-hydrogen) atoms. The molecule has 0 amide bonds. The summed E-state index contributed by atoms with van der Waals surface area (Å²) in [5.41, 5.74) is 1.22. The van der Waals surface area contributed by atoms with Crippen molar-refractivity contribution in [3.63, 3.8) is 0 Å². The first-order chi connectivity index (χ1) is 9.63. The van der Waals surface area contributed by atoms with Crippen LogP contribution in [0.1, 0.15) is 25.3 Å². The summed E-state index contributed by atoms with van der Waals surface area (Å²) in [6, 6.07) is 5.31. The number of benzene rings is 1. The number of hydrogen-bond acceptors (Lipinski definition) is 4. The van der Waals surface area contributed by atoms with Crippen molar-refractivity contribution >= 4 is 15.9 Å². The molecule has 1 aromatic carbocycles. The van der Waals surface area contributed by atoms with E-state index in [0.717, 1.165) is 22.5 Å². The Hall–Kier alpha value is -0.780. The summed E-state index contributed by atoms with van der Waals surface area (Å²) in [5.74, 6) is 1.68. The van der Waals surface area contributed by atoms with Crippen LogP contribution in [0.5, 0.6) is 11.5 Å². The summed E-state index contributed by atoms with van der Waals surface area (Å²) in [4.78, 5) is 2.43. The molecule has 0 bridgehead atoms. The van der Waals surface area contributed by atoms with Gasteiger partial charge in [-0.25, -0.2) is 0 Å². The van der Waals surface area contributed by atoms with E-state index in [9.17, 15) is 0 Å². The quantitative estimate of drug-likeness (QED) is 0.917. The van der Waals surface area contributed by atoms with Crippen LogP contribution in [0.15, 0.2) is 16.6 Å². The molecule has 1 saturated heterocycles. The minimum atomic E-state index is 0.325. The molecule has 2 atom stereocenters. The van der Waals surface area contributed by atoms with Gasteiger partial charge in [-0.3, -0.25) is 0 Å². The SMILES string of the molecule is CC1CC(NCc2cc3c(cc2Br)OCO3)CCN1C. The lowest BCUT2D eigenvalue weighted by Gasteiger charge is -2.35. The summed E-state index contributed by atoms with van der Waals surface area (Å²) in [7, 11) is 2.20. The maximum Gasteiger partial charge on any atom is 0.231 e. The molecule has 1 fully saturated rings. The Bertz CT molecular complexity index is 495. The third-order valence-electron chi connectivity index (χ3n) is 4.33. The fraction of sp³-hybridized carbons (Fsp3) is 0.600. The van der Waals surface area contributed by atoms with Gasteiger partial charge in [0.2, 0.25) is 6.79 Å². The van der Waals surface area contributed by atoms with Gasteiger partial charge in [0.05, 0.1) is 0 Å². The molecule has 0 aliphatic carbocycles. The van der Waals surface area contributed by atoms with Crippen LogP contribution in [0, 0.1) is 0 Å². The van der Waals surface area contributed by atoms with Gasteiger partial charge in [0.25, 0.3) is 0 Å². The number of likely N-dealkylation sites (tertiary alicyclic amines) is 1. The molecule has 110 valence electrons. The molecule has 5 heteroatoms. The van der Waals surface area contributed by atoms with Crippen LogP contribution in [0.2, 0.25) is 0 Å². The number of piperidine rings is 1. The lowest BCUT2D eigenvalue weighted by molar-refractivity contribution is 0.168. The summed E-state index contributed by atoms with van der Waals surface area (Å²) in [6.45, 7) is 4.65. The van der Waals surface area contributed by atoms with Crippen LogP contribution in [-0.4, -0.2) is 37.4 Å². The monoisotopic (exact) mass is 340 g/mol. The Morgan fingerprint density at radius 1 is 1.35 bits per heavy atom. The molecule has 0 aromatic heterocycles. The Kier molecular flexibility index (Phi) is 4.19. The predicted octanol–water partition coefficient (Wildman–Crippen LogP) is 2.75. The number of ether oxygens (including phenoxy) is 2. The molecule has 4 nitrogen and oxygen atoms in total. The van der Waals surface area contributed by atoms with Crippen LogP contribution in [0.3, 0.4) is 0 Å². The highest BCUT2D eigenvalue weighted by Gasteiger charge is 2.23. The lowest BCUT2D eigenvalue weighted by atomic mass is 9.98. The number of fused-ring (bicyclic) bond motifs is 1. The summed E-state index contributed by atoms with van der Waals surface area (Å²) >= 11 is 3.61. The van der Waals surface area contributed by atoms with E-state index in [2.05, 4.69) is 46.2 Å². The Morgan fingerprint density at radius 2 is 2.10 bits per heavy atom. The number of hydrogen-bond donors (Lipinski definition) is 1. The van der Waals surface area contributed by atoms with Crippen molar-refractivity contribution in [2.24, 2.45) is 0 Å². The minimum Gasteiger partial charge on any atom is -0.454 e. The second kappa shape index (κ2) is 5.92. The Labute approximate surface area is 128 Å². The van der Waals surface area contributed by atoms with Crippen LogP contribution in [0.25, 0.3) is 0 Å². The molecule has 2 aliphatic rings.